The molecule has 0 bridgehead atoms. The Morgan fingerprint density at radius 1 is 1.19 bits per heavy atom. The Hall–Kier alpha value is -1.12. The first-order valence-electron chi connectivity index (χ1n) is 5.54. The number of hydrogen-bond donors (Lipinski definition) is 1. The predicted octanol–water partition coefficient (Wildman–Crippen LogP) is 3.70. The van der Waals surface area contributed by atoms with Crippen molar-refractivity contribution < 1.29 is 5.11 Å². The Morgan fingerprint density at radius 3 is 2.56 bits per heavy atom. The molecule has 0 aliphatic rings. The molecule has 0 saturated heterocycles. The summed E-state index contributed by atoms with van der Waals surface area (Å²) in [5.74, 6) is 0. The van der Waals surface area contributed by atoms with E-state index in [1.54, 1.807) is 11.3 Å². The van der Waals surface area contributed by atoms with E-state index in [0.29, 0.717) is 0 Å². The van der Waals surface area contributed by atoms with E-state index in [2.05, 4.69) is 26.0 Å². The van der Waals surface area contributed by atoms with Crippen LogP contribution in [0.25, 0.3) is 0 Å². The van der Waals surface area contributed by atoms with Crippen molar-refractivity contribution in [3.8, 4) is 0 Å². The minimum atomic E-state index is -0.477. The highest BCUT2D eigenvalue weighted by molar-refractivity contribution is 7.12. The van der Waals surface area contributed by atoms with E-state index in [0.717, 1.165) is 16.9 Å². The third kappa shape index (κ3) is 2.18. The molecule has 1 N–H and O–H groups in total. The molecule has 1 aromatic carbocycles. The van der Waals surface area contributed by atoms with Gasteiger partial charge < -0.3 is 5.11 Å². The fourth-order valence-electron chi connectivity index (χ4n) is 1.88. The number of aliphatic hydroxyl groups excluding tert-OH is 1. The number of benzene rings is 1. The summed E-state index contributed by atoms with van der Waals surface area (Å²) in [6.07, 6.45) is 0.479. The van der Waals surface area contributed by atoms with Crippen molar-refractivity contribution in [2.24, 2.45) is 0 Å². The molecule has 0 amide bonds. The highest BCUT2D eigenvalue weighted by Crippen LogP contribution is 2.30. The van der Waals surface area contributed by atoms with Gasteiger partial charge in [-0.3, -0.25) is 0 Å². The fraction of sp³-hybridized carbons (Fsp3) is 0.286. The van der Waals surface area contributed by atoms with Crippen molar-refractivity contribution in [3.63, 3.8) is 0 Å². The summed E-state index contributed by atoms with van der Waals surface area (Å²) in [6.45, 7) is 4.18. The summed E-state index contributed by atoms with van der Waals surface area (Å²) in [5, 5.41) is 10.3. The molecule has 0 fully saturated rings. The maximum absolute atomic E-state index is 10.3. The molecule has 1 aromatic heterocycles. The normalized spacial score (nSPS) is 12.7. The molecule has 0 aliphatic heterocycles. The van der Waals surface area contributed by atoms with Crippen LogP contribution in [0, 0.1) is 6.92 Å². The monoisotopic (exact) mass is 232 g/mol. The van der Waals surface area contributed by atoms with Crippen molar-refractivity contribution in [2.45, 2.75) is 26.4 Å². The Labute approximate surface area is 100 Å². The zero-order valence-corrected chi connectivity index (χ0v) is 10.4. The first-order valence-corrected chi connectivity index (χ1v) is 6.36. The molecule has 2 rings (SSSR count). The number of hydrogen-bond acceptors (Lipinski definition) is 2. The van der Waals surface area contributed by atoms with Crippen molar-refractivity contribution in [1.82, 2.24) is 0 Å². The van der Waals surface area contributed by atoms with Crippen LogP contribution in [0.3, 0.4) is 0 Å². The Kier molecular flexibility index (Phi) is 3.42. The largest absolute Gasteiger partial charge is 0.383 e. The van der Waals surface area contributed by atoms with Crippen molar-refractivity contribution in [1.29, 1.82) is 0 Å². The molecule has 0 radical (unpaired) electrons. The second-order valence-corrected chi connectivity index (χ2v) is 5.22. The average Bonchev–Trinajstić information content (AvgIpc) is 2.75. The van der Waals surface area contributed by atoms with Gasteiger partial charge in [0.1, 0.15) is 6.10 Å². The van der Waals surface area contributed by atoms with Crippen LogP contribution < -0.4 is 0 Å². The first kappa shape index (κ1) is 11.4. The van der Waals surface area contributed by atoms with E-state index in [9.17, 15) is 5.11 Å². The number of rotatable bonds is 3. The minimum Gasteiger partial charge on any atom is -0.383 e. The quantitative estimate of drug-likeness (QED) is 0.855. The molecule has 84 valence electrons. The highest BCUT2D eigenvalue weighted by Gasteiger charge is 2.14. The lowest BCUT2D eigenvalue weighted by molar-refractivity contribution is 0.223. The zero-order chi connectivity index (χ0) is 11.5. The van der Waals surface area contributed by atoms with E-state index in [1.807, 2.05) is 24.3 Å². The molecular formula is C14H16OS. The fourth-order valence-corrected chi connectivity index (χ4v) is 2.76. The minimum absolute atomic E-state index is 0.477. The van der Waals surface area contributed by atoms with Gasteiger partial charge in [0.25, 0.3) is 0 Å². The molecule has 2 aromatic rings. The zero-order valence-electron chi connectivity index (χ0n) is 9.60. The maximum atomic E-state index is 10.3. The number of aliphatic hydroxyl groups is 1. The molecule has 0 spiro atoms. The number of thiophene rings is 1. The van der Waals surface area contributed by atoms with Crippen LogP contribution in [0.15, 0.2) is 36.4 Å². The maximum Gasteiger partial charge on any atom is 0.113 e. The first-order chi connectivity index (χ1) is 7.72. The van der Waals surface area contributed by atoms with Crippen LogP contribution in [-0.4, -0.2) is 5.11 Å². The van der Waals surface area contributed by atoms with Gasteiger partial charge in [0, 0.05) is 9.75 Å². The molecule has 1 heterocycles. The summed E-state index contributed by atoms with van der Waals surface area (Å²) >= 11 is 1.66. The molecule has 1 atom stereocenters. The van der Waals surface area contributed by atoms with Gasteiger partial charge in [-0.2, -0.15) is 0 Å². The highest BCUT2D eigenvalue weighted by atomic mass is 32.1. The van der Waals surface area contributed by atoms with Crippen LogP contribution in [-0.2, 0) is 6.42 Å². The lowest BCUT2D eigenvalue weighted by Crippen LogP contribution is -2.01. The average molecular weight is 232 g/mol. The Bertz CT molecular complexity index is 473. The summed E-state index contributed by atoms with van der Waals surface area (Å²) in [7, 11) is 0. The van der Waals surface area contributed by atoms with Crippen molar-refractivity contribution in [3.05, 3.63) is 57.3 Å². The lowest BCUT2D eigenvalue weighted by atomic mass is 10.00. The second kappa shape index (κ2) is 4.81. The Balaban J connectivity index is 2.36. The van der Waals surface area contributed by atoms with Crippen LogP contribution in [0.1, 0.15) is 33.9 Å². The van der Waals surface area contributed by atoms with Gasteiger partial charge in [0.15, 0.2) is 0 Å². The van der Waals surface area contributed by atoms with E-state index >= 15 is 0 Å². The van der Waals surface area contributed by atoms with Crippen LogP contribution in [0.4, 0.5) is 0 Å². The smallest absolute Gasteiger partial charge is 0.113 e. The van der Waals surface area contributed by atoms with Gasteiger partial charge in [-0.15, -0.1) is 11.3 Å². The Morgan fingerprint density at radius 2 is 1.94 bits per heavy atom. The standard InChI is InChI=1S/C14H16OS/c1-3-11-6-4-5-7-12(11)14(15)13-9-8-10(2)16-13/h4-9,14-15H,3H2,1-2H3/t14-/m1/s1. The third-order valence-electron chi connectivity index (χ3n) is 2.76. The van der Waals surface area contributed by atoms with Gasteiger partial charge in [-0.25, -0.2) is 0 Å². The predicted molar refractivity (Wildman–Crippen MR) is 68.9 cm³/mol. The molecule has 1 nitrogen and oxygen atoms in total. The molecule has 2 heteroatoms. The lowest BCUT2D eigenvalue weighted by Gasteiger charge is -2.13. The molecule has 0 saturated carbocycles. The summed E-state index contributed by atoms with van der Waals surface area (Å²) in [4.78, 5) is 2.27. The van der Waals surface area contributed by atoms with E-state index < -0.39 is 6.10 Å². The van der Waals surface area contributed by atoms with Crippen LogP contribution in [0.5, 0.6) is 0 Å². The summed E-state index contributed by atoms with van der Waals surface area (Å²) < 4.78 is 0. The van der Waals surface area contributed by atoms with Crippen molar-refractivity contribution >= 4 is 11.3 Å². The van der Waals surface area contributed by atoms with E-state index in [4.69, 9.17) is 0 Å². The van der Waals surface area contributed by atoms with Gasteiger partial charge in [-0.05, 0) is 36.6 Å². The SMILES string of the molecule is CCc1ccccc1[C@@H](O)c1ccc(C)s1. The molecule has 16 heavy (non-hydrogen) atoms. The van der Waals surface area contributed by atoms with E-state index in [1.165, 1.54) is 10.4 Å². The number of aryl methyl sites for hydroxylation is 2. The summed E-state index contributed by atoms with van der Waals surface area (Å²) in [5.41, 5.74) is 2.26. The van der Waals surface area contributed by atoms with Gasteiger partial charge in [0.05, 0.1) is 0 Å². The van der Waals surface area contributed by atoms with Gasteiger partial charge >= 0.3 is 0 Å². The summed E-state index contributed by atoms with van der Waals surface area (Å²) in [6, 6.07) is 12.2. The molecule has 0 unspecified atom stereocenters. The van der Waals surface area contributed by atoms with Crippen LogP contribution >= 0.6 is 11.3 Å². The topological polar surface area (TPSA) is 20.2 Å². The molecular weight excluding hydrogens is 216 g/mol. The van der Waals surface area contributed by atoms with Crippen LogP contribution in [0.2, 0.25) is 0 Å². The second-order valence-electron chi connectivity index (χ2n) is 3.90. The van der Waals surface area contributed by atoms with Crippen molar-refractivity contribution in [2.75, 3.05) is 0 Å². The van der Waals surface area contributed by atoms with E-state index in [-0.39, 0.29) is 0 Å². The third-order valence-corrected chi connectivity index (χ3v) is 3.81. The van der Waals surface area contributed by atoms with Gasteiger partial charge in [0.2, 0.25) is 0 Å². The molecule has 0 aliphatic carbocycles. The van der Waals surface area contributed by atoms with Gasteiger partial charge in [-0.1, -0.05) is 31.2 Å².